The van der Waals surface area contributed by atoms with Crippen LogP contribution in [0.2, 0.25) is 0 Å². The van der Waals surface area contributed by atoms with Crippen LogP contribution in [0.1, 0.15) is 32.3 Å². The van der Waals surface area contributed by atoms with Gasteiger partial charge in [-0.15, -0.1) is 0 Å². The molecular formula is C18H27BrN2O2. The highest BCUT2D eigenvalue weighted by atomic mass is 79.9. The normalized spacial score (nSPS) is 22.0. The number of halogens is 1. The van der Waals surface area contributed by atoms with Gasteiger partial charge in [0.05, 0.1) is 12.2 Å². The summed E-state index contributed by atoms with van der Waals surface area (Å²) >= 11 is 3.52. The molecule has 1 heterocycles. The first-order valence-corrected chi connectivity index (χ1v) is 9.22. The third kappa shape index (κ3) is 6.61. The fourth-order valence-corrected chi connectivity index (χ4v) is 3.52. The number of amides is 1. The number of rotatable bonds is 7. The monoisotopic (exact) mass is 382 g/mol. The molecule has 0 bridgehead atoms. The Morgan fingerprint density at radius 2 is 2.00 bits per heavy atom. The third-order valence-corrected chi connectivity index (χ3v) is 4.82. The van der Waals surface area contributed by atoms with E-state index in [0.29, 0.717) is 18.6 Å². The van der Waals surface area contributed by atoms with Crippen molar-refractivity contribution in [1.29, 1.82) is 0 Å². The number of hydrogen-bond donors (Lipinski definition) is 1. The molecule has 1 N–H and O–H groups in total. The minimum Gasteiger partial charge on any atom is -0.373 e. The molecule has 1 aliphatic rings. The van der Waals surface area contributed by atoms with Crippen LogP contribution in [0.5, 0.6) is 0 Å². The zero-order chi connectivity index (χ0) is 16.7. The van der Waals surface area contributed by atoms with Gasteiger partial charge in [-0.3, -0.25) is 9.69 Å². The fraction of sp³-hybridized carbons (Fsp3) is 0.611. The summed E-state index contributed by atoms with van der Waals surface area (Å²) in [5.41, 5.74) is 1.18. The number of carbonyl (C=O) groups excluding carboxylic acids is 1. The predicted octanol–water partition coefficient (Wildman–Crippen LogP) is 3.00. The minimum absolute atomic E-state index is 0.129. The lowest BCUT2D eigenvalue weighted by atomic mass is 10.1. The summed E-state index contributed by atoms with van der Waals surface area (Å²) in [4.78, 5) is 14.3. The molecular weight excluding hydrogens is 356 g/mol. The van der Waals surface area contributed by atoms with Crippen molar-refractivity contribution < 1.29 is 9.53 Å². The van der Waals surface area contributed by atoms with E-state index in [4.69, 9.17) is 4.74 Å². The summed E-state index contributed by atoms with van der Waals surface area (Å²) in [6, 6.07) is 8.05. The topological polar surface area (TPSA) is 41.6 Å². The Kier molecular flexibility index (Phi) is 7.53. The first-order valence-electron chi connectivity index (χ1n) is 8.42. The summed E-state index contributed by atoms with van der Waals surface area (Å²) in [6.07, 6.45) is 2.90. The number of benzene rings is 1. The Bertz CT molecular complexity index is 500. The Hall–Kier alpha value is -0.910. The van der Waals surface area contributed by atoms with Crippen LogP contribution in [-0.4, -0.2) is 49.2 Å². The molecule has 5 heteroatoms. The lowest BCUT2D eigenvalue weighted by molar-refractivity contribution is -0.121. The molecule has 1 aromatic carbocycles. The van der Waals surface area contributed by atoms with Crippen LogP contribution in [0.15, 0.2) is 28.7 Å². The molecule has 2 rings (SSSR count). The molecule has 1 fully saturated rings. The Morgan fingerprint density at radius 3 is 2.70 bits per heavy atom. The van der Waals surface area contributed by atoms with Crippen LogP contribution < -0.4 is 5.32 Å². The van der Waals surface area contributed by atoms with Crippen molar-refractivity contribution in [3.63, 3.8) is 0 Å². The highest BCUT2D eigenvalue weighted by Gasteiger charge is 2.21. The van der Waals surface area contributed by atoms with E-state index in [1.807, 2.05) is 18.2 Å². The molecule has 4 nitrogen and oxygen atoms in total. The quantitative estimate of drug-likeness (QED) is 0.736. The van der Waals surface area contributed by atoms with Gasteiger partial charge in [-0.2, -0.15) is 0 Å². The van der Waals surface area contributed by atoms with Crippen molar-refractivity contribution in [3.8, 4) is 0 Å². The van der Waals surface area contributed by atoms with Gasteiger partial charge in [0, 0.05) is 37.1 Å². The average Bonchev–Trinajstić information content (AvgIpc) is 2.50. The molecule has 2 atom stereocenters. The Balaban J connectivity index is 1.59. The number of nitrogens with zero attached hydrogens (tertiary/aromatic N) is 1. The van der Waals surface area contributed by atoms with E-state index >= 15 is 0 Å². The maximum atomic E-state index is 11.9. The molecule has 1 saturated heterocycles. The van der Waals surface area contributed by atoms with Gasteiger partial charge in [0.2, 0.25) is 5.91 Å². The molecule has 2 unspecified atom stereocenters. The number of nitrogens with one attached hydrogen (secondary N) is 1. The van der Waals surface area contributed by atoms with Gasteiger partial charge in [-0.25, -0.2) is 0 Å². The highest BCUT2D eigenvalue weighted by molar-refractivity contribution is 9.10. The summed E-state index contributed by atoms with van der Waals surface area (Å²) in [7, 11) is 0. The van der Waals surface area contributed by atoms with Crippen molar-refractivity contribution in [2.24, 2.45) is 0 Å². The molecule has 0 saturated carbocycles. The number of hydrogen-bond acceptors (Lipinski definition) is 3. The zero-order valence-electron chi connectivity index (χ0n) is 14.1. The summed E-state index contributed by atoms with van der Waals surface area (Å²) in [5, 5.41) is 3.02. The predicted molar refractivity (Wildman–Crippen MR) is 96.5 cm³/mol. The fourth-order valence-electron chi connectivity index (χ4n) is 3.04. The van der Waals surface area contributed by atoms with Crippen molar-refractivity contribution in [1.82, 2.24) is 10.2 Å². The van der Waals surface area contributed by atoms with Gasteiger partial charge in [0.15, 0.2) is 0 Å². The van der Waals surface area contributed by atoms with Crippen LogP contribution in [0, 0.1) is 0 Å². The second-order valence-corrected chi connectivity index (χ2v) is 7.17. The number of carbonyl (C=O) groups is 1. The second kappa shape index (κ2) is 9.40. The van der Waals surface area contributed by atoms with E-state index in [1.165, 1.54) is 5.56 Å². The standard InChI is InChI=1S/C18H27BrN2O2/c1-14-12-21(13-15(2)23-14)11-5-10-20-18(22)9-8-16-6-3-4-7-17(16)19/h3-4,6-7,14-15H,5,8-13H2,1-2H3,(H,20,22). The largest absolute Gasteiger partial charge is 0.373 e. The molecule has 0 radical (unpaired) electrons. The second-order valence-electron chi connectivity index (χ2n) is 6.31. The highest BCUT2D eigenvalue weighted by Crippen LogP contribution is 2.17. The number of aryl methyl sites for hydroxylation is 1. The summed E-state index contributed by atoms with van der Waals surface area (Å²) in [5.74, 6) is 0.129. The molecule has 0 aliphatic carbocycles. The maximum Gasteiger partial charge on any atom is 0.220 e. The zero-order valence-corrected chi connectivity index (χ0v) is 15.6. The van der Waals surface area contributed by atoms with E-state index in [-0.39, 0.29) is 5.91 Å². The molecule has 1 aliphatic heterocycles. The van der Waals surface area contributed by atoms with Gasteiger partial charge in [-0.05, 0) is 38.3 Å². The smallest absolute Gasteiger partial charge is 0.220 e. The lowest BCUT2D eigenvalue weighted by Crippen LogP contribution is -2.46. The maximum absolute atomic E-state index is 11.9. The first-order chi connectivity index (χ1) is 11.0. The molecule has 0 spiro atoms. The van der Waals surface area contributed by atoms with Crippen molar-refractivity contribution >= 4 is 21.8 Å². The van der Waals surface area contributed by atoms with Gasteiger partial charge in [-0.1, -0.05) is 34.1 Å². The van der Waals surface area contributed by atoms with Gasteiger partial charge < -0.3 is 10.1 Å². The molecule has 128 valence electrons. The van der Waals surface area contributed by atoms with E-state index in [1.54, 1.807) is 0 Å². The van der Waals surface area contributed by atoms with Crippen molar-refractivity contribution in [2.45, 2.75) is 45.3 Å². The molecule has 23 heavy (non-hydrogen) atoms. The van der Waals surface area contributed by atoms with Crippen LogP contribution in [-0.2, 0) is 16.0 Å². The third-order valence-electron chi connectivity index (χ3n) is 4.05. The van der Waals surface area contributed by atoms with Crippen LogP contribution >= 0.6 is 15.9 Å². The van der Waals surface area contributed by atoms with Crippen LogP contribution in [0.4, 0.5) is 0 Å². The van der Waals surface area contributed by atoms with E-state index in [9.17, 15) is 4.79 Å². The summed E-state index contributed by atoms with van der Waals surface area (Å²) < 4.78 is 6.80. The Morgan fingerprint density at radius 1 is 1.30 bits per heavy atom. The number of morpholine rings is 1. The van der Waals surface area contributed by atoms with Gasteiger partial charge >= 0.3 is 0 Å². The van der Waals surface area contributed by atoms with E-state index in [0.717, 1.165) is 43.5 Å². The average molecular weight is 383 g/mol. The molecule has 0 aromatic heterocycles. The molecule has 1 aromatic rings. The van der Waals surface area contributed by atoms with E-state index < -0.39 is 0 Å². The number of ether oxygens (including phenoxy) is 1. The van der Waals surface area contributed by atoms with Crippen LogP contribution in [0.3, 0.4) is 0 Å². The van der Waals surface area contributed by atoms with Crippen molar-refractivity contribution in [3.05, 3.63) is 34.3 Å². The minimum atomic E-state index is 0.129. The Labute approximate surface area is 147 Å². The SMILES string of the molecule is CC1CN(CCCNC(=O)CCc2ccccc2Br)CC(C)O1. The van der Waals surface area contributed by atoms with Gasteiger partial charge in [0.25, 0.3) is 0 Å². The van der Waals surface area contributed by atoms with Crippen molar-refractivity contribution in [2.75, 3.05) is 26.2 Å². The lowest BCUT2D eigenvalue weighted by Gasteiger charge is -2.35. The first kappa shape index (κ1) is 18.4. The van der Waals surface area contributed by atoms with Crippen LogP contribution in [0.25, 0.3) is 0 Å². The molecule has 1 amide bonds. The summed E-state index contributed by atoms with van der Waals surface area (Å²) in [6.45, 7) is 7.97. The van der Waals surface area contributed by atoms with Gasteiger partial charge in [0.1, 0.15) is 0 Å². The van der Waals surface area contributed by atoms with E-state index in [2.05, 4.69) is 46.1 Å².